The molecule has 0 saturated heterocycles. The maximum atomic E-state index is 9.98. The molecular formula is C20H42O4. The van der Waals surface area contributed by atoms with Crippen LogP contribution in [0.25, 0.3) is 0 Å². The van der Waals surface area contributed by atoms with E-state index < -0.39 is 24.4 Å². The first kappa shape index (κ1) is 23.8. The van der Waals surface area contributed by atoms with E-state index in [0.717, 1.165) is 25.7 Å². The van der Waals surface area contributed by atoms with Gasteiger partial charge < -0.3 is 20.4 Å². The molecule has 0 heterocycles. The van der Waals surface area contributed by atoms with Crippen LogP contribution < -0.4 is 0 Å². The van der Waals surface area contributed by atoms with Gasteiger partial charge in [-0.15, -0.1) is 0 Å². The van der Waals surface area contributed by atoms with Crippen molar-refractivity contribution in [2.45, 2.75) is 128 Å². The van der Waals surface area contributed by atoms with E-state index in [-0.39, 0.29) is 0 Å². The summed E-state index contributed by atoms with van der Waals surface area (Å²) in [6.45, 7) is 4.34. The third kappa shape index (κ3) is 13.2. The lowest BCUT2D eigenvalue weighted by Crippen LogP contribution is -2.31. The zero-order valence-corrected chi connectivity index (χ0v) is 16.0. The largest absolute Gasteiger partial charge is 0.390 e. The quantitative estimate of drug-likeness (QED) is 0.301. The second kappa shape index (κ2) is 16.3. The van der Waals surface area contributed by atoms with Crippen LogP contribution in [0.5, 0.6) is 0 Å². The van der Waals surface area contributed by atoms with Crippen molar-refractivity contribution < 1.29 is 20.4 Å². The van der Waals surface area contributed by atoms with Crippen LogP contribution in [0.4, 0.5) is 0 Å². The van der Waals surface area contributed by atoms with E-state index in [2.05, 4.69) is 13.8 Å². The Morgan fingerprint density at radius 3 is 1.04 bits per heavy atom. The molecule has 0 saturated carbocycles. The minimum Gasteiger partial charge on any atom is -0.390 e. The highest BCUT2D eigenvalue weighted by Gasteiger charge is 2.21. The van der Waals surface area contributed by atoms with Crippen molar-refractivity contribution in [3.05, 3.63) is 0 Å². The molecule has 0 rings (SSSR count). The normalized spacial score (nSPS) is 16.8. The van der Waals surface area contributed by atoms with Crippen LogP contribution in [0, 0.1) is 0 Å². The second-order valence-electron chi connectivity index (χ2n) is 7.25. The Morgan fingerprint density at radius 2 is 0.708 bits per heavy atom. The van der Waals surface area contributed by atoms with Gasteiger partial charge in [-0.2, -0.15) is 0 Å². The van der Waals surface area contributed by atoms with Crippen molar-refractivity contribution >= 4 is 0 Å². The molecule has 0 aliphatic heterocycles. The Morgan fingerprint density at radius 1 is 0.417 bits per heavy atom. The van der Waals surface area contributed by atoms with Crippen LogP contribution in [0.2, 0.25) is 0 Å². The fraction of sp³-hybridized carbons (Fsp3) is 1.00. The molecule has 4 heteroatoms. The van der Waals surface area contributed by atoms with Gasteiger partial charge in [-0.05, 0) is 25.7 Å². The van der Waals surface area contributed by atoms with E-state index in [4.69, 9.17) is 0 Å². The van der Waals surface area contributed by atoms with E-state index in [1.165, 1.54) is 38.5 Å². The van der Waals surface area contributed by atoms with E-state index in [1.54, 1.807) is 0 Å². The SMILES string of the molecule is CCCCCCC[C@@H](O)[C@H](O)CC[C@H](O)[C@@H](O)CCCCCCC. The highest BCUT2D eigenvalue weighted by molar-refractivity contribution is 4.73. The van der Waals surface area contributed by atoms with Gasteiger partial charge in [-0.25, -0.2) is 0 Å². The first-order valence-corrected chi connectivity index (χ1v) is 10.2. The molecule has 0 unspecified atom stereocenters. The fourth-order valence-electron chi connectivity index (χ4n) is 3.03. The smallest absolute Gasteiger partial charge is 0.0800 e. The lowest BCUT2D eigenvalue weighted by atomic mass is 9.97. The molecule has 4 atom stereocenters. The van der Waals surface area contributed by atoms with Crippen LogP contribution in [-0.2, 0) is 0 Å². The standard InChI is InChI=1S/C20H42O4/c1-3-5-7-9-11-13-17(21)19(23)15-16-20(24)18(22)14-12-10-8-6-4-2/h17-24H,3-16H2,1-2H3/t17-,18+,19-,20+. The topological polar surface area (TPSA) is 80.9 Å². The average molecular weight is 347 g/mol. The Kier molecular flexibility index (Phi) is 16.2. The highest BCUT2D eigenvalue weighted by Crippen LogP contribution is 2.16. The number of hydrogen-bond donors (Lipinski definition) is 4. The molecule has 0 aliphatic rings. The van der Waals surface area contributed by atoms with Crippen molar-refractivity contribution in [3.63, 3.8) is 0 Å². The lowest BCUT2D eigenvalue weighted by Gasteiger charge is -2.22. The molecule has 0 bridgehead atoms. The van der Waals surface area contributed by atoms with E-state index in [0.29, 0.717) is 25.7 Å². The van der Waals surface area contributed by atoms with Crippen molar-refractivity contribution in [1.82, 2.24) is 0 Å². The predicted molar refractivity (Wildman–Crippen MR) is 100 cm³/mol. The minimum atomic E-state index is -0.803. The molecule has 146 valence electrons. The summed E-state index contributed by atoms with van der Waals surface area (Å²) in [4.78, 5) is 0. The summed E-state index contributed by atoms with van der Waals surface area (Å²) in [5, 5.41) is 39.9. The van der Waals surface area contributed by atoms with Crippen molar-refractivity contribution in [1.29, 1.82) is 0 Å². The van der Waals surface area contributed by atoms with Gasteiger partial charge in [-0.1, -0.05) is 78.1 Å². The zero-order valence-electron chi connectivity index (χ0n) is 16.0. The maximum absolute atomic E-state index is 9.98. The van der Waals surface area contributed by atoms with Crippen molar-refractivity contribution in [3.8, 4) is 0 Å². The molecule has 0 radical (unpaired) electrons. The Balaban J connectivity index is 3.72. The first-order valence-electron chi connectivity index (χ1n) is 10.2. The average Bonchev–Trinajstić information content (AvgIpc) is 2.58. The van der Waals surface area contributed by atoms with Gasteiger partial charge in [0, 0.05) is 0 Å². The van der Waals surface area contributed by atoms with Crippen molar-refractivity contribution in [2.75, 3.05) is 0 Å². The zero-order chi connectivity index (χ0) is 18.2. The van der Waals surface area contributed by atoms with Gasteiger partial charge in [0.25, 0.3) is 0 Å². The van der Waals surface area contributed by atoms with Crippen LogP contribution in [0.1, 0.15) is 104 Å². The summed E-state index contributed by atoms with van der Waals surface area (Å²) < 4.78 is 0. The summed E-state index contributed by atoms with van der Waals surface area (Å²) in [7, 11) is 0. The summed E-state index contributed by atoms with van der Waals surface area (Å²) in [6, 6.07) is 0. The Labute approximate surface area is 149 Å². The molecule has 0 aromatic rings. The molecular weight excluding hydrogens is 304 g/mol. The lowest BCUT2D eigenvalue weighted by molar-refractivity contribution is -0.0236. The number of unbranched alkanes of at least 4 members (excludes halogenated alkanes) is 8. The van der Waals surface area contributed by atoms with E-state index in [1.807, 2.05) is 0 Å². The number of aliphatic hydroxyl groups is 4. The van der Waals surface area contributed by atoms with Gasteiger partial charge in [0.15, 0.2) is 0 Å². The summed E-state index contributed by atoms with van der Waals surface area (Å²) in [5.41, 5.74) is 0. The number of rotatable bonds is 17. The van der Waals surface area contributed by atoms with Gasteiger partial charge in [0.05, 0.1) is 24.4 Å². The van der Waals surface area contributed by atoms with Crippen molar-refractivity contribution in [2.24, 2.45) is 0 Å². The molecule has 0 amide bonds. The Hall–Kier alpha value is -0.160. The summed E-state index contributed by atoms with van der Waals surface area (Å²) >= 11 is 0. The number of aliphatic hydroxyl groups excluding tert-OH is 4. The van der Waals surface area contributed by atoms with Gasteiger partial charge in [0.2, 0.25) is 0 Å². The fourth-order valence-corrected chi connectivity index (χ4v) is 3.03. The molecule has 0 fully saturated rings. The number of hydrogen-bond acceptors (Lipinski definition) is 4. The monoisotopic (exact) mass is 346 g/mol. The summed E-state index contributed by atoms with van der Waals surface area (Å²) in [6.07, 6.45) is 10.1. The van der Waals surface area contributed by atoms with Crippen LogP contribution in [0.3, 0.4) is 0 Å². The molecule has 0 aromatic carbocycles. The predicted octanol–water partition coefficient (Wildman–Crippen LogP) is 3.93. The molecule has 0 aromatic heterocycles. The molecule has 0 spiro atoms. The van der Waals surface area contributed by atoms with Gasteiger partial charge in [0.1, 0.15) is 0 Å². The summed E-state index contributed by atoms with van der Waals surface area (Å²) in [5.74, 6) is 0. The van der Waals surface area contributed by atoms with Gasteiger partial charge >= 0.3 is 0 Å². The van der Waals surface area contributed by atoms with E-state index in [9.17, 15) is 20.4 Å². The minimum absolute atomic E-state index is 0.337. The molecule has 4 N–H and O–H groups in total. The van der Waals surface area contributed by atoms with Crippen LogP contribution in [0.15, 0.2) is 0 Å². The molecule has 0 aliphatic carbocycles. The third-order valence-electron chi connectivity index (χ3n) is 4.85. The van der Waals surface area contributed by atoms with Crippen LogP contribution >= 0.6 is 0 Å². The third-order valence-corrected chi connectivity index (χ3v) is 4.85. The van der Waals surface area contributed by atoms with Crippen LogP contribution in [-0.4, -0.2) is 44.8 Å². The molecule has 4 nitrogen and oxygen atoms in total. The first-order chi connectivity index (χ1) is 11.5. The second-order valence-corrected chi connectivity index (χ2v) is 7.25. The van der Waals surface area contributed by atoms with Gasteiger partial charge in [-0.3, -0.25) is 0 Å². The maximum Gasteiger partial charge on any atom is 0.0800 e. The molecule has 24 heavy (non-hydrogen) atoms. The van der Waals surface area contributed by atoms with E-state index >= 15 is 0 Å². The Bertz CT molecular complexity index is 234. The highest BCUT2D eigenvalue weighted by atomic mass is 16.3.